The molecule has 1 amide bonds. The van der Waals surface area contributed by atoms with E-state index < -0.39 is 11.6 Å². The SMILES string of the molecule is Cc1cc(C(=O)N2CCCc3ccccc32)c(C)c(F)c1F. The number of amides is 1. The molecule has 22 heavy (non-hydrogen) atoms. The van der Waals surface area contributed by atoms with Gasteiger partial charge in [0, 0.05) is 23.4 Å². The van der Waals surface area contributed by atoms with Crippen molar-refractivity contribution in [2.24, 2.45) is 0 Å². The molecule has 0 aromatic heterocycles. The number of fused-ring (bicyclic) bond motifs is 1. The van der Waals surface area contributed by atoms with Gasteiger partial charge in [-0.25, -0.2) is 8.78 Å². The average Bonchev–Trinajstić information content (AvgIpc) is 2.55. The van der Waals surface area contributed by atoms with Crippen LogP contribution in [-0.4, -0.2) is 12.5 Å². The van der Waals surface area contributed by atoms with Gasteiger partial charge >= 0.3 is 0 Å². The molecule has 114 valence electrons. The Balaban J connectivity index is 2.07. The minimum Gasteiger partial charge on any atom is -0.308 e. The summed E-state index contributed by atoms with van der Waals surface area (Å²) >= 11 is 0. The number of para-hydroxylation sites is 1. The monoisotopic (exact) mass is 301 g/mol. The minimum absolute atomic E-state index is 0.0659. The Labute approximate surface area is 128 Å². The predicted molar refractivity (Wildman–Crippen MR) is 82.3 cm³/mol. The fourth-order valence-corrected chi connectivity index (χ4v) is 2.96. The first-order valence-electron chi connectivity index (χ1n) is 7.35. The number of anilines is 1. The molecule has 1 heterocycles. The van der Waals surface area contributed by atoms with Gasteiger partial charge in [-0.3, -0.25) is 4.79 Å². The number of benzene rings is 2. The zero-order valence-electron chi connectivity index (χ0n) is 12.6. The van der Waals surface area contributed by atoms with Crippen LogP contribution >= 0.6 is 0 Å². The van der Waals surface area contributed by atoms with Crippen molar-refractivity contribution in [3.63, 3.8) is 0 Å². The Bertz CT molecular complexity index is 755. The summed E-state index contributed by atoms with van der Waals surface area (Å²) in [5.41, 5.74) is 2.42. The van der Waals surface area contributed by atoms with Crippen molar-refractivity contribution >= 4 is 11.6 Å². The fourth-order valence-electron chi connectivity index (χ4n) is 2.96. The third-order valence-corrected chi connectivity index (χ3v) is 4.22. The molecule has 2 aromatic carbocycles. The zero-order chi connectivity index (χ0) is 15.9. The van der Waals surface area contributed by atoms with Crippen LogP contribution in [0.15, 0.2) is 30.3 Å². The maximum atomic E-state index is 13.9. The Morgan fingerprint density at radius 3 is 2.64 bits per heavy atom. The van der Waals surface area contributed by atoms with Crippen molar-refractivity contribution in [1.29, 1.82) is 0 Å². The highest BCUT2D eigenvalue weighted by Crippen LogP contribution is 2.29. The van der Waals surface area contributed by atoms with E-state index in [-0.39, 0.29) is 22.6 Å². The number of carbonyl (C=O) groups excluding carboxylic acids is 1. The van der Waals surface area contributed by atoms with Gasteiger partial charge in [0.1, 0.15) is 0 Å². The second-order valence-electron chi connectivity index (χ2n) is 5.68. The molecule has 0 radical (unpaired) electrons. The van der Waals surface area contributed by atoms with Crippen LogP contribution in [0.25, 0.3) is 0 Å². The van der Waals surface area contributed by atoms with Crippen molar-refractivity contribution in [1.82, 2.24) is 0 Å². The van der Waals surface area contributed by atoms with E-state index in [0.29, 0.717) is 6.54 Å². The second-order valence-corrected chi connectivity index (χ2v) is 5.68. The lowest BCUT2D eigenvalue weighted by Crippen LogP contribution is -2.36. The molecule has 0 unspecified atom stereocenters. The molecule has 1 aliphatic heterocycles. The molecule has 0 spiro atoms. The van der Waals surface area contributed by atoms with E-state index in [0.717, 1.165) is 24.1 Å². The van der Waals surface area contributed by atoms with Crippen LogP contribution in [0, 0.1) is 25.5 Å². The molecule has 0 bridgehead atoms. The number of hydrogen-bond acceptors (Lipinski definition) is 1. The molecule has 0 saturated carbocycles. The topological polar surface area (TPSA) is 20.3 Å². The highest BCUT2D eigenvalue weighted by Gasteiger charge is 2.26. The number of rotatable bonds is 1. The van der Waals surface area contributed by atoms with Crippen LogP contribution in [0.5, 0.6) is 0 Å². The van der Waals surface area contributed by atoms with Gasteiger partial charge in [-0.2, -0.15) is 0 Å². The number of halogens is 2. The van der Waals surface area contributed by atoms with E-state index in [1.807, 2.05) is 24.3 Å². The molecule has 0 atom stereocenters. The molecule has 0 N–H and O–H groups in total. The Hall–Kier alpha value is -2.23. The van der Waals surface area contributed by atoms with Gasteiger partial charge < -0.3 is 4.90 Å². The molecule has 3 rings (SSSR count). The van der Waals surface area contributed by atoms with Gasteiger partial charge in [-0.05, 0) is 49.9 Å². The maximum absolute atomic E-state index is 13.9. The van der Waals surface area contributed by atoms with Crippen LogP contribution in [0.3, 0.4) is 0 Å². The van der Waals surface area contributed by atoms with E-state index in [2.05, 4.69) is 0 Å². The highest BCUT2D eigenvalue weighted by atomic mass is 19.2. The standard InChI is InChI=1S/C18H17F2NO/c1-11-10-14(12(2)17(20)16(11)19)18(22)21-9-5-7-13-6-3-4-8-15(13)21/h3-4,6,8,10H,5,7,9H2,1-2H3. The van der Waals surface area contributed by atoms with Crippen molar-refractivity contribution in [3.05, 3.63) is 64.2 Å². The highest BCUT2D eigenvalue weighted by molar-refractivity contribution is 6.07. The quantitative estimate of drug-likeness (QED) is 0.774. The predicted octanol–water partition coefficient (Wildman–Crippen LogP) is 4.17. The normalized spacial score (nSPS) is 13.9. The second kappa shape index (κ2) is 5.52. The van der Waals surface area contributed by atoms with Crippen molar-refractivity contribution in [2.45, 2.75) is 26.7 Å². The Morgan fingerprint density at radius 2 is 1.86 bits per heavy atom. The summed E-state index contributed by atoms with van der Waals surface area (Å²) in [7, 11) is 0. The molecular formula is C18H17F2NO. The summed E-state index contributed by atoms with van der Waals surface area (Å²) in [6.45, 7) is 3.51. The number of hydrogen-bond donors (Lipinski definition) is 0. The van der Waals surface area contributed by atoms with Gasteiger partial charge in [0.2, 0.25) is 0 Å². The van der Waals surface area contributed by atoms with E-state index in [1.165, 1.54) is 19.9 Å². The van der Waals surface area contributed by atoms with Crippen molar-refractivity contribution < 1.29 is 13.6 Å². The number of carbonyl (C=O) groups is 1. The summed E-state index contributed by atoms with van der Waals surface area (Å²) in [5, 5.41) is 0. The third kappa shape index (κ3) is 2.28. The van der Waals surface area contributed by atoms with Gasteiger partial charge in [0.15, 0.2) is 11.6 Å². The summed E-state index contributed by atoms with van der Waals surface area (Å²) < 4.78 is 27.5. The summed E-state index contributed by atoms with van der Waals surface area (Å²) in [5.74, 6) is -2.09. The lowest BCUT2D eigenvalue weighted by atomic mass is 9.98. The van der Waals surface area contributed by atoms with Crippen LogP contribution in [0.4, 0.5) is 14.5 Å². The van der Waals surface area contributed by atoms with E-state index in [9.17, 15) is 13.6 Å². The smallest absolute Gasteiger partial charge is 0.258 e. The molecule has 2 aromatic rings. The molecule has 0 saturated heterocycles. The molecule has 1 aliphatic rings. The summed E-state index contributed by atoms with van der Waals surface area (Å²) in [6.07, 6.45) is 1.79. The average molecular weight is 301 g/mol. The Kier molecular flexibility index (Phi) is 3.69. The van der Waals surface area contributed by atoms with Gasteiger partial charge in [-0.15, -0.1) is 0 Å². The zero-order valence-corrected chi connectivity index (χ0v) is 12.6. The number of aryl methyl sites for hydroxylation is 2. The van der Waals surface area contributed by atoms with E-state index in [4.69, 9.17) is 0 Å². The van der Waals surface area contributed by atoms with Crippen LogP contribution < -0.4 is 4.90 Å². The van der Waals surface area contributed by atoms with Gasteiger partial charge in [0.05, 0.1) is 0 Å². The lowest BCUT2D eigenvalue weighted by Gasteiger charge is -2.30. The molecule has 0 fully saturated rings. The first-order chi connectivity index (χ1) is 10.5. The largest absolute Gasteiger partial charge is 0.308 e. The Morgan fingerprint density at radius 1 is 1.14 bits per heavy atom. The third-order valence-electron chi connectivity index (χ3n) is 4.22. The van der Waals surface area contributed by atoms with Crippen molar-refractivity contribution in [3.8, 4) is 0 Å². The first kappa shape index (κ1) is 14.7. The molecule has 4 heteroatoms. The van der Waals surface area contributed by atoms with Crippen molar-refractivity contribution in [2.75, 3.05) is 11.4 Å². The molecule has 2 nitrogen and oxygen atoms in total. The van der Waals surface area contributed by atoms with Crippen LogP contribution in [0.2, 0.25) is 0 Å². The van der Waals surface area contributed by atoms with E-state index in [1.54, 1.807) is 4.90 Å². The molecular weight excluding hydrogens is 284 g/mol. The lowest BCUT2D eigenvalue weighted by molar-refractivity contribution is 0.0984. The maximum Gasteiger partial charge on any atom is 0.258 e. The van der Waals surface area contributed by atoms with E-state index >= 15 is 0 Å². The first-order valence-corrected chi connectivity index (χ1v) is 7.35. The van der Waals surface area contributed by atoms with Gasteiger partial charge in [-0.1, -0.05) is 18.2 Å². The molecule has 0 aliphatic carbocycles. The van der Waals surface area contributed by atoms with Gasteiger partial charge in [0.25, 0.3) is 5.91 Å². The number of nitrogens with zero attached hydrogens (tertiary/aromatic N) is 1. The summed E-state index contributed by atoms with van der Waals surface area (Å²) in [4.78, 5) is 14.5. The van der Waals surface area contributed by atoms with Crippen LogP contribution in [-0.2, 0) is 6.42 Å². The fraction of sp³-hybridized carbons (Fsp3) is 0.278. The summed E-state index contributed by atoms with van der Waals surface area (Å²) in [6, 6.07) is 9.16. The van der Waals surface area contributed by atoms with Crippen LogP contribution in [0.1, 0.15) is 33.5 Å². The minimum atomic E-state index is -0.936.